The van der Waals surface area contributed by atoms with Gasteiger partial charge < -0.3 is 25.0 Å². The van der Waals surface area contributed by atoms with Gasteiger partial charge in [0.1, 0.15) is 11.4 Å². The Morgan fingerprint density at radius 3 is 2.90 bits per heavy atom. The predicted octanol–water partition coefficient (Wildman–Crippen LogP) is 1.33. The molecule has 31 heavy (non-hydrogen) atoms. The van der Waals surface area contributed by atoms with E-state index in [0.29, 0.717) is 55.2 Å². The number of nitrogens with zero attached hydrogens (tertiary/aromatic N) is 6. The molecule has 2 N–H and O–H groups in total. The van der Waals surface area contributed by atoms with Crippen molar-refractivity contribution < 1.29 is 13.9 Å². The molecule has 0 amide bonds. The molecule has 0 unspecified atom stereocenters. The minimum atomic E-state index is -0.528. The number of imidazole rings is 1. The lowest BCUT2D eigenvalue weighted by atomic mass is 10.1. The van der Waals surface area contributed by atoms with Crippen LogP contribution < -0.4 is 20.3 Å². The highest BCUT2D eigenvalue weighted by molar-refractivity contribution is 5.65. The summed E-state index contributed by atoms with van der Waals surface area (Å²) in [6, 6.07) is 2.01. The van der Waals surface area contributed by atoms with Crippen LogP contribution in [0.15, 0.2) is 18.5 Å². The quantitative estimate of drug-likeness (QED) is 0.623. The number of morpholine rings is 1. The van der Waals surface area contributed by atoms with Gasteiger partial charge in [-0.1, -0.05) is 0 Å². The van der Waals surface area contributed by atoms with Crippen molar-refractivity contribution in [3.05, 3.63) is 24.3 Å². The summed E-state index contributed by atoms with van der Waals surface area (Å²) in [5, 5.41) is 11.4. The molecule has 10 nitrogen and oxygen atoms in total. The van der Waals surface area contributed by atoms with Gasteiger partial charge in [0.05, 0.1) is 32.7 Å². The second-order valence-corrected chi connectivity index (χ2v) is 7.63. The maximum absolute atomic E-state index is 14.8. The lowest BCUT2D eigenvalue weighted by Crippen LogP contribution is -2.38. The van der Waals surface area contributed by atoms with Crippen LogP contribution in [-0.4, -0.2) is 77.1 Å². The van der Waals surface area contributed by atoms with Crippen molar-refractivity contribution >= 4 is 17.4 Å². The number of aromatic nitrogens is 5. The first kappa shape index (κ1) is 19.9. The second-order valence-electron chi connectivity index (χ2n) is 7.63. The van der Waals surface area contributed by atoms with Crippen molar-refractivity contribution in [1.82, 2.24) is 29.9 Å². The molecule has 5 rings (SSSR count). The Bertz CT molecular complexity index is 1060. The third kappa shape index (κ3) is 3.98. The molecule has 164 valence electrons. The number of hydrogen-bond donors (Lipinski definition) is 2. The number of piperidine rings is 1. The van der Waals surface area contributed by atoms with Crippen LogP contribution in [-0.2, 0) is 4.74 Å². The van der Waals surface area contributed by atoms with Gasteiger partial charge in [-0.3, -0.25) is 0 Å². The van der Waals surface area contributed by atoms with Gasteiger partial charge in [-0.05, 0) is 19.4 Å². The molecule has 0 aromatic carbocycles. The topological polar surface area (TPSA) is 102 Å². The molecule has 2 aliphatic rings. The highest BCUT2D eigenvalue weighted by atomic mass is 19.1. The highest BCUT2D eigenvalue weighted by Gasteiger charge is 2.22. The lowest BCUT2D eigenvalue weighted by Gasteiger charge is -2.28. The molecule has 11 heteroatoms. The van der Waals surface area contributed by atoms with Crippen molar-refractivity contribution in [2.45, 2.75) is 18.9 Å². The van der Waals surface area contributed by atoms with E-state index in [0.717, 1.165) is 25.9 Å². The minimum absolute atomic E-state index is 0.152. The van der Waals surface area contributed by atoms with Gasteiger partial charge in [-0.2, -0.15) is 0 Å². The number of hydrogen-bond acceptors (Lipinski definition) is 9. The van der Waals surface area contributed by atoms with Gasteiger partial charge in [-0.15, -0.1) is 5.10 Å². The first-order chi connectivity index (χ1) is 15.2. The molecule has 0 saturated carbocycles. The van der Waals surface area contributed by atoms with Crippen LogP contribution in [0.1, 0.15) is 12.8 Å². The average molecular weight is 428 g/mol. The Morgan fingerprint density at radius 2 is 2.13 bits per heavy atom. The number of methoxy groups -OCH3 is 1. The van der Waals surface area contributed by atoms with E-state index in [1.54, 1.807) is 23.9 Å². The fourth-order valence-corrected chi connectivity index (χ4v) is 3.97. The fourth-order valence-electron chi connectivity index (χ4n) is 3.97. The van der Waals surface area contributed by atoms with E-state index in [9.17, 15) is 4.39 Å². The highest BCUT2D eigenvalue weighted by Crippen LogP contribution is 2.30. The summed E-state index contributed by atoms with van der Waals surface area (Å²) in [5.74, 6) is 1.14. The van der Waals surface area contributed by atoms with Crippen LogP contribution in [0.3, 0.4) is 0 Å². The number of fused-ring (bicyclic) bond motifs is 1. The van der Waals surface area contributed by atoms with Gasteiger partial charge in [0.15, 0.2) is 23.0 Å². The summed E-state index contributed by atoms with van der Waals surface area (Å²) in [7, 11) is 1.60. The molecule has 0 bridgehead atoms. The first-order valence-electron chi connectivity index (χ1n) is 10.5. The average Bonchev–Trinajstić information content (AvgIpc) is 3.23. The SMILES string of the molecule is COc1cc2ncc(-c3nc(N[C@@H]4CCCNC4)ncc3F)n2nc1N1CCOCC1. The Morgan fingerprint density at radius 1 is 1.26 bits per heavy atom. The molecule has 0 radical (unpaired) electrons. The fraction of sp³-hybridized carbons (Fsp3) is 0.500. The zero-order valence-electron chi connectivity index (χ0n) is 17.3. The van der Waals surface area contributed by atoms with E-state index in [-0.39, 0.29) is 11.7 Å². The minimum Gasteiger partial charge on any atom is -0.493 e. The molecule has 2 fully saturated rings. The maximum Gasteiger partial charge on any atom is 0.223 e. The van der Waals surface area contributed by atoms with Crippen molar-refractivity contribution in [1.29, 1.82) is 0 Å². The van der Waals surface area contributed by atoms with E-state index in [2.05, 4.69) is 30.5 Å². The standard InChI is InChI=1S/C20H25FN8O2/c1-30-16-9-17-23-12-15(29(17)27-19(16)28-5-7-31-8-6-28)18-14(21)11-24-20(26-18)25-13-3-2-4-22-10-13/h9,11-13,22H,2-8,10H2,1H3,(H,24,25,26)/t13-/m1/s1. The molecule has 2 aliphatic heterocycles. The molecule has 5 heterocycles. The van der Waals surface area contributed by atoms with Gasteiger partial charge in [0.25, 0.3) is 0 Å². The van der Waals surface area contributed by atoms with Crippen molar-refractivity contribution in [3.63, 3.8) is 0 Å². The zero-order chi connectivity index (χ0) is 21.2. The van der Waals surface area contributed by atoms with Crippen LogP contribution in [0.25, 0.3) is 17.0 Å². The molecule has 2 saturated heterocycles. The van der Waals surface area contributed by atoms with Crippen LogP contribution in [0.5, 0.6) is 5.75 Å². The monoisotopic (exact) mass is 428 g/mol. The predicted molar refractivity (Wildman–Crippen MR) is 113 cm³/mol. The third-order valence-electron chi connectivity index (χ3n) is 5.59. The number of nitrogens with one attached hydrogen (secondary N) is 2. The molecule has 1 atom stereocenters. The molecule has 3 aromatic rings. The number of anilines is 2. The Balaban J connectivity index is 1.52. The second kappa shape index (κ2) is 8.60. The van der Waals surface area contributed by atoms with E-state index in [1.807, 2.05) is 0 Å². The zero-order valence-corrected chi connectivity index (χ0v) is 17.3. The van der Waals surface area contributed by atoms with E-state index in [4.69, 9.17) is 14.6 Å². The van der Waals surface area contributed by atoms with Crippen molar-refractivity contribution in [2.24, 2.45) is 0 Å². The van der Waals surface area contributed by atoms with Gasteiger partial charge in [0, 0.05) is 31.7 Å². The summed E-state index contributed by atoms with van der Waals surface area (Å²) in [6.07, 6.45) is 4.85. The van der Waals surface area contributed by atoms with Gasteiger partial charge in [-0.25, -0.2) is 23.9 Å². The molecule has 0 aliphatic carbocycles. The summed E-state index contributed by atoms with van der Waals surface area (Å²) in [4.78, 5) is 15.1. The Kier molecular flexibility index (Phi) is 5.51. The summed E-state index contributed by atoms with van der Waals surface area (Å²) in [5.41, 5.74) is 1.16. The van der Waals surface area contributed by atoms with Crippen LogP contribution in [0.2, 0.25) is 0 Å². The lowest BCUT2D eigenvalue weighted by molar-refractivity contribution is 0.122. The van der Waals surface area contributed by atoms with E-state index >= 15 is 0 Å². The molecule has 0 spiro atoms. The molecular weight excluding hydrogens is 403 g/mol. The van der Waals surface area contributed by atoms with E-state index in [1.165, 1.54) is 6.20 Å². The van der Waals surface area contributed by atoms with Crippen LogP contribution in [0, 0.1) is 5.82 Å². The number of ether oxygens (including phenoxy) is 2. The van der Waals surface area contributed by atoms with Gasteiger partial charge >= 0.3 is 0 Å². The summed E-state index contributed by atoms with van der Waals surface area (Å²) in [6.45, 7) is 4.47. The smallest absolute Gasteiger partial charge is 0.223 e. The molecule has 3 aromatic heterocycles. The number of rotatable bonds is 5. The molecular formula is C20H25FN8O2. The normalized spacial score (nSPS) is 19.5. The largest absolute Gasteiger partial charge is 0.493 e. The van der Waals surface area contributed by atoms with Crippen molar-refractivity contribution in [2.75, 3.05) is 56.7 Å². The number of halogens is 1. The van der Waals surface area contributed by atoms with Crippen molar-refractivity contribution in [3.8, 4) is 17.1 Å². The Hall–Kier alpha value is -3.05. The summed E-state index contributed by atoms with van der Waals surface area (Å²) >= 11 is 0. The third-order valence-corrected chi connectivity index (χ3v) is 5.59. The Labute approximate surface area is 178 Å². The van der Waals surface area contributed by atoms with Crippen LogP contribution >= 0.6 is 0 Å². The maximum atomic E-state index is 14.8. The summed E-state index contributed by atoms with van der Waals surface area (Å²) < 4.78 is 27.3. The van der Waals surface area contributed by atoms with E-state index < -0.39 is 5.82 Å². The van der Waals surface area contributed by atoms with Gasteiger partial charge in [0.2, 0.25) is 5.95 Å². The van der Waals surface area contributed by atoms with Crippen LogP contribution in [0.4, 0.5) is 16.2 Å². The first-order valence-corrected chi connectivity index (χ1v) is 10.5.